The smallest absolute Gasteiger partial charge is 0.406 e. The summed E-state index contributed by atoms with van der Waals surface area (Å²) in [6.07, 6.45) is -2.42. The van der Waals surface area contributed by atoms with E-state index in [1.165, 1.54) is 23.5 Å². The van der Waals surface area contributed by atoms with Crippen LogP contribution in [0.15, 0.2) is 18.2 Å². The summed E-state index contributed by atoms with van der Waals surface area (Å²) < 4.78 is 41.7. The van der Waals surface area contributed by atoms with Gasteiger partial charge in [-0.1, -0.05) is 0 Å². The highest BCUT2D eigenvalue weighted by atomic mass is 32.1. The summed E-state index contributed by atoms with van der Waals surface area (Å²) in [6, 6.07) is 5.01. The van der Waals surface area contributed by atoms with Gasteiger partial charge in [0.15, 0.2) is 5.13 Å². The van der Waals surface area contributed by atoms with Gasteiger partial charge in [0.05, 0.1) is 5.69 Å². The number of likely N-dealkylation sites (tertiary alicyclic amines) is 1. The van der Waals surface area contributed by atoms with E-state index in [0.29, 0.717) is 34.5 Å². The van der Waals surface area contributed by atoms with Crippen molar-refractivity contribution < 1.29 is 17.9 Å². The highest BCUT2D eigenvalue weighted by molar-refractivity contribution is 7.15. The fraction of sp³-hybridized carbons (Fsp3) is 0.471. The molecule has 2 aromatic rings. The van der Waals surface area contributed by atoms with Gasteiger partial charge in [-0.15, -0.1) is 24.5 Å². The number of nitrogens with zero attached hydrogens (tertiary/aromatic N) is 2. The van der Waals surface area contributed by atoms with Gasteiger partial charge in [-0.05, 0) is 57.0 Å². The van der Waals surface area contributed by atoms with Crippen LogP contribution >= 0.6 is 11.3 Å². The maximum Gasteiger partial charge on any atom is 0.573 e. The fourth-order valence-corrected chi connectivity index (χ4v) is 4.07. The molecule has 0 saturated carbocycles. The van der Waals surface area contributed by atoms with Crippen molar-refractivity contribution in [3.63, 3.8) is 0 Å². The zero-order chi connectivity index (χ0) is 18.2. The Morgan fingerprint density at radius 1 is 1.36 bits per heavy atom. The predicted octanol–water partition coefficient (Wildman–Crippen LogP) is 4.58. The molecule has 0 spiro atoms. The molecular weight excluding hydrogens is 351 g/mol. The van der Waals surface area contributed by atoms with Crippen LogP contribution in [0.3, 0.4) is 0 Å². The molecule has 1 aromatic heterocycles. The molecule has 1 saturated heterocycles. The minimum absolute atomic E-state index is 0.241. The number of hydrogen-bond donors (Lipinski definition) is 1. The van der Waals surface area contributed by atoms with Gasteiger partial charge in [0.2, 0.25) is 0 Å². The van der Waals surface area contributed by atoms with Crippen LogP contribution in [0.25, 0.3) is 11.3 Å². The second-order valence-electron chi connectivity index (χ2n) is 6.37. The number of halogens is 3. The Bertz CT molecular complexity index is 760. The number of hydrogen-bond acceptors (Lipinski definition) is 5. The molecule has 136 valence electrons. The fourth-order valence-electron chi connectivity index (χ4n) is 3.19. The van der Waals surface area contributed by atoms with Crippen molar-refractivity contribution in [3.8, 4) is 17.0 Å². The lowest BCUT2D eigenvalue weighted by Crippen LogP contribution is -2.25. The van der Waals surface area contributed by atoms with Crippen LogP contribution in [0.2, 0.25) is 0 Å². The molecule has 1 aliphatic rings. The van der Waals surface area contributed by atoms with Gasteiger partial charge in [0.1, 0.15) is 5.75 Å². The lowest BCUT2D eigenvalue weighted by molar-refractivity contribution is -0.274. The Balaban J connectivity index is 1.93. The molecule has 1 fully saturated rings. The molecule has 1 atom stereocenters. The Hall–Kier alpha value is -1.80. The molecule has 2 heterocycles. The quantitative estimate of drug-likeness (QED) is 0.854. The maximum absolute atomic E-state index is 12.5. The summed E-state index contributed by atoms with van der Waals surface area (Å²) in [5.74, 6) is -0.241. The number of anilines is 1. The average Bonchev–Trinajstić information content (AvgIpc) is 3.03. The molecule has 0 amide bonds. The Kier molecular flexibility index (Phi) is 4.92. The van der Waals surface area contributed by atoms with Crippen molar-refractivity contribution in [3.05, 3.63) is 28.6 Å². The first-order valence-electron chi connectivity index (χ1n) is 8.08. The highest BCUT2D eigenvalue weighted by Gasteiger charge is 2.31. The molecule has 3 rings (SSSR count). The number of thiazole rings is 1. The second-order valence-corrected chi connectivity index (χ2v) is 7.48. The van der Waals surface area contributed by atoms with Crippen LogP contribution < -0.4 is 10.5 Å². The zero-order valence-electron chi connectivity index (χ0n) is 14.1. The van der Waals surface area contributed by atoms with E-state index in [1.807, 2.05) is 0 Å². The molecule has 0 bridgehead atoms. The molecule has 2 N–H and O–H groups in total. The third-order valence-electron chi connectivity index (χ3n) is 4.31. The number of alkyl halides is 3. The van der Waals surface area contributed by atoms with Crippen LogP contribution in [0.1, 0.15) is 30.2 Å². The second kappa shape index (κ2) is 6.84. The Labute approximate surface area is 148 Å². The summed E-state index contributed by atoms with van der Waals surface area (Å²) >= 11 is 1.38. The topological polar surface area (TPSA) is 51.4 Å². The zero-order valence-corrected chi connectivity index (χ0v) is 14.9. The minimum Gasteiger partial charge on any atom is -0.406 e. The Morgan fingerprint density at radius 2 is 2.12 bits per heavy atom. The van der Waals surface area contributed by atoms with E-state index < -0.39 is 6.36 Å². The summed E-state index contributed by atoms with van der Waals surface area (Å²) in [5, 5.41) is 0.414. The monoisotopic (exact) mass is 371 g/mol. The van der Waals surface area contributed by atoms with Crippen LogP contribution in [0.4, 0.5) is 18.3 Å². The van der Waals surface area contributed by atoms with Crippen LogP contribution in [0.5, 0.6) is 5.75 Å². The summed E-state index contributed by atoms with van der Waals surface area (Å²) in [5.41, 5.74) is 7.78. The number of aryl methyl sites for hydroxylation is 1. The number of nitrogens with two attached hydrogens (primary N) is 1. The van der Waals surface area contributed by atoms with Crippen LogP contribution in [0, 0.1) is 6.92 Å². The number of rotatable bonds is 4. The standard InChI is InChI=1S/C17H20F3N3OS/c1-10-6-12(8-13(7-10)24-17(18,19)20)15-14(25-16(21)22-15)9-23-5-3-4-11(23)2/h6-8,11H,3-5,9H2,1-2H3,(H2,21,22). The van der Waals surface area contributed by atoms with Crippen molar-refractivity contribution in [1.29, 1.82) is 0 Å². The maximum atomic E-state index is 12.5. The van der Waals surface area contributed by atoms with Gasteiger partial charge >= 0.3 is 6.36 Å². The lowest BCUT2D eigenvalue weighted by atomic mass is 10.1. The Morgan fingerprint density at radius 3 is 2.76 bits per heavy atom. The van der Waals surface area contributed by atoms with Crippen LogP contribution in [-0.4, -0.2) is 28.8 Å². The van der Waals surface area contributed by atoms with Gasteiger partial charge in [-0.2, -0.15) is 0 Å². The largest absolute Gasteiger partial charge is 0.573 e. The molecule has 4 nitrogen and oxygen atoms in total. The molecule has 1 unspecified atom stereocenters. The SMILES string of the molecule is Cc1cc(OC(F)(F)F)cc(-c2nc(N)sc2CN2CCCC2C)c1. The number of ether oxygens (including phenoxy) is 1. The molecule has 0 aliphatic carbocycles. The average molecular weight is 371 g/mol. The normalized spacial score (nSPS) is 18.7. The third kappa shape index (κ3) is 4.43. The van der Waals surface area contributed by atoms with E-state index in [2.05, 4.69) is 21.5 Å². The molecule has 1 aromatic carbocycles. The van der Waals surface area contributed by atoms with Crippen molar-refractivity contribution in [2.45, 2.75) is 45.6 Å². The van der Waals surface area contributed by atoms with Gasteiger partial charge in [-0.3, -0.25) is 4.90 Å². The summed E-state index contributed by atoms with van der Waals surface area (Å²) in [4.78, 5) is 7.67. The van der Waals surface area contributed by atoms with Crippen molar-refractivity contribution in [2.75, 3.05) is 12.3 Å². The van der Waals surface area contributed by atoms with Gasteiger partial charge < -0.3 is 10.5 Å². The predicted molar refractivity (Wildman–Crippen MR) is 92.5 cm³/mol. The van der Waals surface area contributed by atoms with Crippen molar-refractivity contribution in [2.24, 2.45) is 0 Å². The first kappa shape index (κ1) is 18.0. The molecule has 8 heteroatoms. The van der Waals surface area contributed by atoms with Gasteiger partial charge in [-0.25, -0.2) is 4.98 Å². The van der Waals surface area contributed by atoms with E-state index in [0.717, 1.165) is 24.3 Å². The molecular formula is C17H20F3N3OS. The minimum atomic E-state index is -4.72. The van der Waals surface area contributed by atoms with E-state index in [1.54, 1.807) is 13.0 Å². The van der Waals surface area contributed by atoms with E-state index in [9.17, 15) is 13.2 Å². The molecule has 25 heavy (non-hydrogen) atoms. The summed E-state index contributed by atoms with van der Waals surface area (Å²) in [6.45, 7) is 5.62. The molecule has 0 radical (unpaired) electrons. The van der Waals surface area contributed by atoms with Crippen molar-refractivity contribution in [1.82, 2.24) is 9.88 Å². The van der Waals surface area contributed by atoms with Gasteiger partial charge in [0.25, 0.3) is 0 Å². The first-order chi connectivity index (χ1) is 11.7. The van der Waals surface area contributed by atoms with Crippen molar-refractivity contribution >= 4 is 16.5 Å². The number of nitrogen functional groups attached to an aromatic ring is 1. The third-order valence-corrected chi connectivity index (χ3v) is 5.18. The first-order valence-corrected chi connectivity index (χ1v) is 8.90. The number of aromatic nitrogens is 1. The van der Waals surface area contributed by atoms with E-state index in [4.69, 9.17) is 5.73 Å². The highest BCUT2D eigenvalue weighted by Crippen LogP contribution is 2.35. The van der Waals surface area contributed by atoms with E-state index in [-0.39, 0.29) is 5.75 Å². The van der Waals surface area contributed by atoms with Gasteiger partial charge in [0, 0.05) is 23.0 Å². The lowest BCUT2D eigenvalue weighted by Gasteiger charge is -2.20. The molecule has 1 aliphatic heterocycles. The summed E-state index contributed by atoms with van der Waals surface area (Å²) in [7, 11) is 0. The van der Waals surface area contributed by atoms with Crippen LogP contribution in [-0.2, 0) is 6.54 Å². The number of benzene rings is 1. The van der Waals surface area contributed by atoms with E-state index >= 15 is 0 Å².